The molecule has 8 heteroatoms. The lowest BCUT2D eigenvalue weighted by Crippen LogP contribution is -2.46. The van der Waals surface area contributed by atoms with Crippen molar-refractivity contribution >= 4 is 11.9 Å². The topological polar surface area (TPSA) is 85.1 Å². The maximum Gasteiger partial charge on any atom is 0.324 e. The summed E-state index contributed by atoms with van der Waals surface area (Å²) in [5, 5.41) is 0. The summed E-state index contributed by atoms with van der Waals surface area (Å²) in [6.07, 6.45) is 1.44. The molecule has 1 aliphatic heterocycles. The molecule has 0 aromatic heterocycles. The smallest absolute Gasteiger partial charge is 0.324 e. The van der Waals surface area contributed by atoms with Crippen molar-refractivity contribution in [2.75, 3.05) is 40.3 Å². The molecule has 1 atom stereocenters. The predicted octanol–water partition coefficient (Wildman–Crippen LogP) is 2.44. The SMILES string of the molecule is COC(=O)C1CN(C(=O)c2cc(Oc3ccc(CCN)cc3)ccc2F)CCCN1C. The van der Waals surface area contributed by atoms with Gasteiger partial charge in [-0.2, -0.15) is 0 Å². The van der Waals surface area contributed by atoms with Crippen LogP contribution in [0.2, 0.25) is 0 Å². The Bertz CT molecular complexity index is 920. The van der Waals surface area contributed by atoms with Crippen molar-refractivity contribution in [2.45, 2.75) is 18.9 Å². The van der Waals surface area contributed by atoms with Crippen molar-refractivity contribution < 1.29 is 23.5 Å². The lowest BCUT2D eigenvalue weighted by atomic mass is 10.1. The molecule has 0 saturated carbocycles. The minimum absolute atomic E-state index is 0.0922. The van der Waals surface area contributed by atoms with Crippen molar-refractivity contribution in [3.63, 3.8) is 0 Å². The summed E-state index contributed by atoms with van der Waals surface area (Å²) in [5.74, 6) is -0.605. The molecule has 1 aliphatic rings. The van der Waals surface area contributed by atoms with Crippen molar-refractivity contribution in [1.29, 1.82) is 0 Å². The Kier molecular flexibility index (Phi) is 7.59. The van der Waals surface area contributed by atoms with Gasteiger partial charge in [-0.25, -0.2) is 4.39 Å². The van der Waals surface area contributed by atoms with Crippen LogP contribution in [0.5, 0.6) is 11.5 Å². The second kappa shape index (κ2) is 10.4. The third-order valence-corrected chi connectivity index (χ3v) is 5.39. The molecule has 0 spiro atoms. The summed E-state index contributed by atoms with van der Waals surface area (Å²) in [6.45, 7) is 1.75. The number of hydrogen-bond donors (Lipinski definition) is 1. The minimum Gasteiger partial charge on any atom is -0.468 e. The van der Waals surface area contributed by atoms with Gasteiger partial charge >= 0.3 is 5.97 Å². The minimum atomic E-state index is -0.636. The second-order valence-corrected chi connectivity index (χ2v) is 7.55. The fourth-order valence-electron chi connectivity index (χ4n) is 3.61. The number of halogens is 1. The molecule has 2 N–H and O–H groups in total. The number of rotatable bonds is 6. The highest BCUT2D eigenvalue weighted by atomic mass is 19.1. The van der Waals surface area contributed by atoms with Gasteiger partial charge in [-0.3, -0.25) is 14.5 Å². The van der Waals surface area contributed by atoms with Gasteiger partial charge in [0.25, 0.3) is 5.91 Å². The van der Waals surface area contributed by atoms with Gasteiger partial charge < -0.3 is 20.1 Å². The van der Waals surface area contributed by atoms with Crippen LogP contribution in [0.1, 0.15) is 22.3 Å². The zero-order chi connectivity index (χ0) is 22.4. The van der Waals surface area contributed by atoms with Crippen LogP contribution in [-0.2, 0) is 16.0 Å². The van der Waals surface area contributed by atoms with E-state index in [0.29, 0.717) is 37.6 Å². The fourth-order valence-corrected chi connectivity index (χ4v) is 3.61. The van der Waals surface area contributed by atoms with Gasteiger partial charge in [0.1, 0.15) is 23.4 Å². The first-order valence-electron chi connectivity index (χ1n) is 10.3. The van der Waals surface area contributed by atoms with E-state index in [1.165, 1.54) is 30.2 Å². The summed E-state index contributed by atoms with van der Waals surface area (Å²) in [7, 11) is 3.12. The van der Waals surface area contributed by atoms with Gasteiger partial charge in [0, 0.05) is 19.6 Å². The Morgan fingerprint density at radius 3 is 2.52 bits per heavy atom. The van der Waals surface area contributed by atoms with E-state index in [9.17, 15) is 14.0 Å². The quantitative estimate of drug-likeness (QED) is 0.710. The van der Waals surface area contributed by atoms with Gasteiger partial charge in [0.05, 0.1) is 12.7 Å². The van der Waals surface area contributed by atoms with Crippen LogP contribution in [0.25, 0.3) is 0 Å². The lowest BCUT2D eigenvalue weighted by Gasteiger charge is -2.27. The largest absolute Gasteiger partial charge is 0.468 e. The molecule has 0 aliphatic carbocycles. The Morgan fingerprint density at radius 2 is 1.84 bits per heavy atom. The average molecular weight is 429 g/mol. The van der Waals surface area contributed by atoms with Crippen molar-refractivity contribution in [1.82, 2.24) is 9.80 Å². The molecule has 166 valence electrons. The molecule has 3 rings (SSSR count). The third kappa shape index (κ3) is 5.59. The molecular weight excluding hydrogens is 401 g/mol. The molecule has 1 amide bonds. The van der Waals surface area contributed by atoms with E-state index in [0.717, 1.165) is 12.0 Å². The van der Waals surface area contributed by atoms with E-state index in [2.05, 4.69) is 0 Å². The van der Waals surface area contributed by atoms with E-state index in [1.807, 2.05) is 24.1 Å². The number of likely N-dealkylation sites (N-methyl/N-ethyl adjacent to an activating group) is 1. The summed E-state index contributed by atoms with van der Waals surface area (Å²) in [4.78, 5) is 28.6. The number of amides is 1. The Labute approximate surface area is 181 Å². The average Bonchev–Trinajstić information content (AvgIpc) is 2.97. The van der Waals surface area contributed by atoms with Gasteiger partial charge in [0.15, 0.2) is 0 Å². The van der Waals surface area contributed by atoms with Crippen LogP contribution in [0.15, 0.2) is 42.5 Å². The highest BCUT2D eigenvalue weighted by molar-refractivity contribution is 5.95. The van der Waals surface area contributed by atoms with E-state index in [1.54, 1.807) is 12.1 Å². The summed E-state index contributed by atoms with van der Waals surface area (Å²) in [5.41, 5.74) is 6.56. The summed E-state index contributed by atoms with van der Waals surface area (Å²) >= 11 is 0. The monoisotopic (exact) mass is 429 g/mol. The number of hydrogen-bond acceptors (Lipinski definition) is 6. The number of benzene rings is 2. The van der Waals surface area contributed by atoms with Crippen LogP contribution < -0.4 is 10.5 Å². The van der Waals surface area contributed by atoms with E-state index >= 15 is 0 Å². The van der Waals surface area contributed by atoms with Crippen LogP contribution in [0, 0.1) is 5.82 Å². The van der Waals surface area contributed by atoms with Crippen molar-refractivity contribution in [3.8, 4) is 11.5 Å². The first-order chi connectivity index (χ1) is 14.9. The Hall–Kier alpha value is -2.97. The Morgan fingerprint density at radius 1 is 1.13 bits per heavy atom. The number of nitrogens with zero attached hydrogens (tertiary/aromatic N) is 2. The van der Waals surface area contributed by atoms with Crippen LogP contribution in [0.4, 0.5) is 4.39 Å². The molecule has 2 aromatic carbocycles. The fraction of sp³-hybridized carbons (Fsp3) is 0.391. The maximum atomic E-state index is 14.5. The van der Waals surface area contributed by atoms with Gasteiger partial charge in [0.2, 0.25) is 0 Å². The molecular formula is C23H28FN3O4. The van der Waals surface area contributed by atoms with E-state index in [-0.39, 0.29) is 12.1 Å². The zero-order valence-electron chi connectivity index (χ0n) is 17.8. The van der Waals surface area contributed by atoms with Gasteiger partial charge in [-0.15, -0.1) is 0 Å². The summed E-state index contributed by atoms with van der Waals surface area (Å²) in [6, 6.07) is 10.9. The van der Waals surface area contributed by atoms with Crippen molar-refractivity contribution in [2.24, 2.45) is 5.73 Å². The first kappa shape index (κ1) is 22.7. The van der Waals surface area contributed by atoms with E-state index < -0.39 is 23.7 Å². The highest BCUT2D eigenvalue weighted by Gasteiger charge is 2.32. The zero-order valence-corrected chi connectivity index (χ0v) is 17.8. The van der Waals surface area contributed by atoms with E-state index in [4.69, 9.17) is 15.2 Å². The molecule has 1 saturated heterocycles. The second-order valence-electron chi connectivity index (χ2n) is 7.55. The molecule has 2 aromatic rings. The molecule has 7 nitrogen and oxygen atoms in total. The third-order valence-electron chi connectivity index (χ3n) is 5.39. The normalized spacial score (nSPS) is 17.2. The number of carbonyl (C=O) groups is 2. The lowest BCUT2D eigenvalue weighted by molar-refractivity contribution is -0.146. The van der Waals surface area contributed by atoms with Crippen LogP contribution in [0.3, 0.4) is 0 Å². The molecule has 0 bridgehead atoms. The predicted molar refractivity (Wildman–Crippen MR) is 115 cm³/mol. The maximum absolute atomic E-state index is 14.5. The number of carbonyl (C=O) groups excluding carboxylic acids is 2. The molecule has 31 heavy (non-hydrogen) atoms. The highest BCUT2D eigenvalue weighted by Crippen LogP contribution is 2.25. The number of nitrogens with two attached hydrogens (primary N) is 1. The van der Waals surface area contributed by atoms with Crippen molar-refractivity contribution in [3.05, 3.63) is 59.4 Å². The molecule has 1 heterocycles. The molecule has 1 unspecified atom stereocenters. The van der Waals surface area contributed by atoms with Gasteiger partial charge in [-0.05, 0) is 62.3 Å². The number of methoxy groups -OCH3 is 1. The standard InChI is InChI=1S/C23H28FN3O4/c1-26-12-3-13-27(15-21(26)23(29)30-2)22(28)19-14-18(8-9-20(19)24)31-17-6-4-16(5-7-17)10-11-25/h4-9,14,21H,3,10-13,15,25H2,1-2H3. The number of ether oxygens (including phenoxy) is 2. The van der Waals surface area contributed by atoms with Gasteiger partial charge in [-0.1, -0.05) is 12.1 Å². The number of esters is 1. The molecule has 0 radical (unpaired) electrons. The summed E-state index contributed by atoms with van der Waals surface area (Å²) < 4.78 is 25.2. The van der Waals surface area contributed by atoms with Crippen LogP contribution >= 0.6 is 0 Å². The molecule has 1 fully saturated rings. The van der Waals surface area contributed by atoms with Crippen LogP contribution in [-0.4, -0.2) is 68.1 Å². The first-order valence-corrected chi connectivity index (χ1v) is 10.3. The Balaban J connectivity index is 1.78.